The minimum Gasteiger partial charge on any atom is -0.486 e. The van der Waals surface area contributed by atoms with Crippen LogP contribution in [-0.2, 0) is 39.4 Å². The molecule has 0 saturated heterocycles. The molecule has 3 aromatic carbocycles. The van der Waals surface area contributed by atoms with E-state index in [4.69, 9.17) is 14.4 Å². The molecule has 0 bridgehead atoms. The van der Waals surface area contributed by atoms with Crippen molar-refractivity contribution in [1.82, 2.24) is 15.0 Å². The van der Waals surface area contributed by atoms with Crippen molar-refractivity contribution in [2.75, 3.05) is 0 Å². The van der Waals surface area contributed by atoms with Gasteiger partial charge in [-0.05, 0) is 78.7 Å². The van der Waals surface area contributed by atoms with Crippen molar-refractivity contribution >= 4 is 22.1 Å². The zero-order valence-electron chi connectivity index (χ0n) is 27.6. The molecule has 0 fully saturated rings. The second-order valence-corrected chi connectivity index (χ2v) is 13.1. The standard InChI is InChI=1S/C30H29N2O.C12H10N.Ir/c1-20-19-31-27(17-22(20)18-30(2,3)4)26-12-8-11-24-25-16-15-23(32-29(25)33-28(24)26)14-13-21-9-6-5-7-10-21;1-10-7-8-12(13-9-10)11-5-3-2-4-6-11;/h5-11,15-17,19H,13-14,18H2,1-4H3;2-5,7-9H,1H3;/q2*-1;. The van der Waals surface area contributed by atoms with Crippen LogP contribution in [0.1, 0.15) is 48.7 Å². The van der Waals surface area contributed by atoms with Crippen LogP contribution in [-0.4, -0.2) is 15.0 Å². The van der Waals surface area contributed by atoms with E-state index >= 15 is 0 Å². The van der Waals surface area contributed by atoms with E-state index in [1.807, 2.05) is 61.8 Å². The summed E-state index contributed by atoms with van der Waals surface area (Å²) in [6.07, 6.45) is 6.67. The fourth-order valence-electron chi connectivity index (χ4n) is 5.55. The minimum atomic E-state index is 0. The van der Waals surface area contributed by atoms with Crippen LogP contribution < -0.4 is 0 Å². The average Bonchev–Trinajstić information content (AvgIpc) is 3.44. The van der Waals surface area contributed by atoms with Gasteiger partial charge in [0, 0.05) is 43.6 Å². The average molecular weight is 794 g/mol. The predicted octanol–water partition coefficient (Wildman–Crippen LogP) is 10.4. The fourth-order valence-corrected chi connectivity index (χ4v) is 5.55. The fraction of sp³-hybridized carbons (Fsp3) is 0.214. The van der Waals surface area contributed by atoms with Gasteiger partial charge in [-0.25, -0.2) is 4.98 Å². The van der Waals surface area contributed by atoms with Crippen LogP contribution in [0.15, 0.2) is 114 Å². The Balaban J connectivity index is 0.000000260. The Morgan fingerprint density at radius 1 is 0.723 bits per heavy atom. The molecule has 7 rings (SSSR count). The number of rotatable bonds is 6. The first-order valence-electron chi connectivity index (χ1n) is 15.9. The number of pyridine rings is 3. The van der Waals surface area contributed by atoms with Gasteiger partial charge in [-0.15, -0.1) is 54.1 Å². The molecule has 0 atom stereocenters. The Morgan fingerprint density at radius 2 is 1.51 bits per heavy atom. The third kappa shape index (κ3) is 8.48. The van der Waals surface area contributed by atoms with Crippen LogP contribution in [0.5, 0.6) is 0 Å². The van der Waals surface area contributed by atoms with E-state index in [-0.39, 0.29) is 25.5 Å². The van der Waals surface area contributed by atoms with Gasteiger partial charge in [0.15, 0.2) is 0 Å². The van der Waals surface area contributed by atoms with Crippen LogP contribution in [0.25, 0.3) is 44.6 Å². The van der Waals surface area contributed by atoms with Gasteiger partial charge < -0.3 is 14.4 Å². The van der Waals surface area contributed by atoms with Crippen LogP contribution in [0.4, 0.5) is 0 Å². The van der Waals surface area contributed by atoms with Gasteiger partial charge in [-0.2, -0.15) is 0 Å². The molecule has 239 valence electrons. The minimum absolute atomic E-state index is 0. The zero-order chi connectivity index (χ0) is 32.1. The summed E-state index contributed by atoms with van der Waals surface area (Å²) >= 11 is 0. The SMILES string of the molecule is Cc1ccc(-c2[c-]cccc2)nc1.Cc1cnc(-c2[c-]ccc3c2oc2nc(CCc4ccccc4)ccc23)cc1CC(C)(C)C.[Ir]. The molecule has 0 amide bonds. The van der Waals surface area contributed by atoms with Crippen molar-refractivity contribution in [3.05, 3.63) is 150 Å². The van der Waals surface area contributed by atoms with Crippen molar-refractivity contribution in [3.63, 3.8) is 0 Å². The number of fused-ring (bicyclic) bond motifs is 3. The molecule has 4 nitrogen and oxygen atoms in total. The maximum absolute atomic E-state index is 6.32. The summed E-state index contributed by atoms with van der Waals surface area (Å²) in [5.41, 5.74) is 11.6. The first kappa shape index (κ1) is 33.9. The van der Waals surface area contributed by atoms with E-state index in [1.54, 1.807) is 0 Å². The molecule has 0 N–H and O–H groups in total. The Kier molecular flexibility index (Phi) is 10.8. The maximum Gasteiger partial charge on any atom is 0.216 e. The molecule has 4 heterocycles. The van der Waals surface area contributed by atoms with Crippen molar-refractivity contribution in [1.29, 1.82) is 0 Å². The molecule has 0 spiro atoms. The first-order chi connectivity index (χ1) is 22.2. The summed E-state index contributed by atoms with van der Waals surface area (Å²) in [5.74, 6) is 0. The molecule has 1 radical (unpaired) electrons. The van der Waals surface area contributed by atoms with E-state index < -0.39 is 0 Å². The van der Waals surface area contributed by atoms with Crippen molar-refractivity contribution < 1.29 is 24.5 Å². The number of hydrogen-bond acceptors (Lipinski definition) is 4. The van der Waals surface area contributed by atoms with Gasteiger partial charge in [0.2, 0.25) is 5.71 Å². The molecule has 0 saturated carbocycles. The Hall–Kier alpha value is -4.44. The van der Waals surface area contributed by atoms with E-state index in [0.29, 0.717) is 5.71 Å². The normalized spacial score (nSPS) is 11.2. The summed E-state index contributed by atoms with van der Waals surface area (Å²) in [6.45, 7) is 11.0. The second kappa shape index (κ2) is 15.0. The number of nitrogens with zero attached hydrogens (tertiary/aromatic N) is 3. The number of aromatic nitrogens is 3. The number of furan rings is 1. The molecule has 5 heteroatoms. The summed E-state index contributed by atoms with van der Waals surface area (Å²) < 4.78 is 6.32. The molecular formula is C42H39IrN3O-2. The van der Waals surface area contributed by atoms with E-state index in [2.05, 4.69) is 99.4 Å². The van der Waals surface area contributed by atoms with Gasteiger partial charge in [-0.3, -0.25) is 0 Å². The molecule has 4 aromatic heterocycles. The number of hydrogen-bond donors (Lipinski definition) is 0. The van der Waals surface area contributed by atoms with Crippen molar-refractivity contribution in [2.24, 2.45) is 5.41 Å². The van der Waals surface area contributed by atoms with Gasteiger partial charge in [-0.1, -0.05) is 85.8 Å². The Labute approximate surface area is 291 Å². The molecule has 47 heavy (non-hydrogen) atoms. The monoisotopic (exact) mass is 794 g/mol. The van der Waals surface area contributed by atoms with Gasteiger partial charge in [0.05, 0.1) is 5.58 Å². The molecule has 7 aromatic rings. The second-order valence-electron chi connectivity index (χ2n) is 13.1. The van der Waals surface area contributed by atoms with Crippen LogP contribution in [0, 0.1) is 31.4 Å². The molecule has 0 aliphatic carbocycles. The topological polar surface area (TPSA) is 51.8 Å². The van der Waals surface area contributed by atoms with Crippen LogP contribution >= 0.6 is 0 Å². The maximum atomic E-state index is 6.32. The van der Waals surface area contributed by atoms with Gasteiger partial charge in [0.25, 0.3) is 0 Å². The van der Waals surface area contributed by atoms with Gasteiger partial charge in [0.1, 0.15) is 0 Å². The van der Waals surface area contributed by atoms with E-state index in [9.17, 15) is 0 Å². The van der Waals surface area contributed by atoms with Crippen molar-refractivity contribution in [3.8, 4) is 22.5 Å². The number of benzene rings is 3. The quantitative estimate of drug-likeness (QED) is 0.157. The smallest absolute Gasteiger partial charge is 0.216 e. The molecule has 0 aliphatic rings. The summed E-state index contributed by atoms with van der Waals surface area (Å²) in [4.78, 5) is 13.9. The Bertz CT molecular complexity index is 2060. The predicted molar refractivity (Wildman–Crippen MR) is 189 cm³/mol. The van der Waals surface area contributed by atoms with Crippen LogP contribution in [0.2, 0.25) is 0 Å². The zero-order valence-corrected chi connectivity index (χ0v) is 30.0. The van der Waals surface area contributed by atoms with E-state index in [0.717, 1.165) is 63.8 Å². The van der Waals surface area contributed by atoms with Crippen LogP contribution in [0.3, 0.4) is 0 Å². The first-order valence-corrected chi connectivity index (χ1v) is 15.9. The summed E-state index contributed by atoms with van der Waals surface area (Å²) in [7, 11) is 0. The Morgan fingerprint density at radius 3 is 2.23 bits per heavy atom. The summed E-state index contributed by atoms with van der Waals surface area (Å²) in [6, 6.07) is 39.4. The van der Waals surface area contributed by atoms with Crippen molar-refractivity contribution in [2.45, 2.75) is 53.9 Å². The molecular weight excluding hydrogens is 755 g/mol. The number of aryl methyl sites for hydroxylation is 4. The van der Waals surface area contributed by atoms with E-state index in [1.165, 1.54) is 22.3 Å². The third-order valence-electron chi connectivity index (χ3n) is 7.96. The third-order valence-corrected chi connectivity index (χ3v) is 7.96. The van der Waals surface area contributed by atoms with Gasteiger partial charge >= 0.3 is 0 Å². The molecule has 0 aliphatic heterocycles. The largest absolute Gasteiger partial charge is 0.486 e. The molecule has 0 unspecified atom stereocenters. The summed E-state index contributed by atoms with van der Waals surface area (Å²) in [5, 5.41) is 2.09.